The van der Waals surface area contributed by atoms with Crippen molar-refractivity contribution in [2.45, 2.75) is 25.8 Å². The average Bonchev–Trinajstić information content (AvgIpc) is 3.10. The van der Waals surface area contributed by atoms with Crippen LogP contribution in [0.5, 0.6) is 0 Å². The van der Waals surface area contributed by atoms with Crippen molar-refractivity contribution in [3.8, 4) is 0 Å². The topological polar surface area (TPSA) is 102 Å². The molecule has 0 spiro atoms. The molecule has 1 atom stereocenters. The lowest BCUT2D eigenvalue weighted by Gasteiger charge is -2.36. The van der Waals surface area contributed by atoms with Gasteiger partial charge < -0.3 is 20.4 Å². The maximum Gasteiger partial charge on any atom is 0.329 e. The van der Waals surface area contributed by atoms with Gasteiger partial charge in [0, 0.05) is 50.9 Å². The van der Waals surface area contributed by atoms with Crippen LogP contribution in [0.15, 0.2) is 54.6 Å². The third kappa shape index (κ3) is 5.14. The minimum Gasteiger partial charge on any atom is -0.368 e. The summed E-state index contributed by atoms with van der Waals surface area (Å²) in [6, 6.07) is 15.3. The number of carbonyl (C=O) groups is 4. The predicted octanol–water partition coefficient (Wildman–Crippen LogP) is 2.20. The van der Waals surface area contributed by atoms with Crippen LogP contribution < -0.4 is 20.4 Å². The Morgan fingerprint density at radius 3 is 2.36 bits per heavy atom. The average molecular weight is 450 g/mol. The molecule has 0 saturated carbocycles. The molecule has 33 heavy (non-hydrogen) atoms. The minimum atomic E-state index is -0.753. The first kappa shape index (κ1) is 22.3. The van der Waals surface area contributed by atoms with E-state index in [1.807, 2.05) is 23.1 Å². The summed E-state index contributed by atoms with van der Waals surface area (Å²) in [5.74, 6) is -0.664. The first-order chi connectivity index (χ1) is 15.9. The fraction of sp³-hybridized carbons (Fsp3) is 0.333. The number of amides is 5. The molecule has 0 aromatic heterocycles. The highest BCUT2D eigenvalue weighted by atomic mass is 16.2. The second kappa shape index (κ2) is 9.72. The van der Waals surface area contributed by atoms with E-state index in [1.165, 1.54) is 6.92 Å². The number of imide groups is 1. The molecule has 1 unspecified atom stereocenters. The second-order valence-electron chi connectivity index (χ2n) is 8.15. The largest absolute Gasteiger partial charge is 0.368 e. The van der Waals surface area contributed by atoms with Crippen LogP contribution in [0.2, 0.25) is 0 Å². The highest BCUT2D eigenvalue weighted by Crippen LogP contribution is 2.24. The molecule has 5 amide bonds. The predicted molar refractivity (Wildman–Crippen MR) is 125 cm³/mol. The van der Waals surface area contributed by atoms with E-state index in [0.29, 0.717) is 24.5 Å². The fourth-order valence-electron chi connectivity index (χ4n) is 4.18. The number of para-hydroxylation sites is 1. The van der Waals surface area contributed by atoms with Crippen molar-refractivity contribution in [1.29, 1.82) is 0 Å². The van der Waals surface area contributed by atoms with E-state index in [1.54, 1.807) is 24.3 Å². The Kier molecular flexibility index (Phi) is 6.58. The molecule has 4 rings (SSSR count). The van der Waals surface area contributed by atoms with E-state index in [9.17, 15) is 19.2 Å². The van der Waals surface area contributed by atoms with Crippen molar-refractivity contribution in [1.82, 2.24) is 10.2 Å². The summed E-state index contributed by atoms with van der Waals surface area (Å²) in [4.78, 5) is 54.4. The maximum atomic E-state index is 12.9. The first-order valence-electron chi connectivity index (χ1n) is 11.0. The number of urea groups is 1. The van der Waals surface area contributed by atoms with Gasteiger partial charge in [-0.3, -0.25) is 14.4 Å². The third-order valence-corrected chi connectivity index (χ3v) is 5.84. The van der Waals surface area contributed by atoms with Crippen molar-refractivity contribution in [2.75, 3.05) is 41.3 Å². The molecule has 2 aromatic rings. The van der Waals surface area contributed by atoms with Gasteiger partial charge in [0.05, 0.1) is 5.69 Å². The molecule has 2 aliphatic heterocycles. The van der Waals surface area contributed by atoms with Crippen molar-refractivity contribution < 1.29 is 19.2 Å². The summed E-state index contributed by atoms with van der Waals surface area (Å²) in [6.45, 7) is 4.15. The zero-order chi connectivity index (χ0) is 23.4. The molecule has 0 radical (unpaired) electrons. The van der Waals surface area contributed by atoms with E-state index in [0.717, 1.165) is 23.7 Å². The highest BCUT2D eigenvalue weighted by Gasteiger charge is 2.39. The molecule has 2 N–H and O–H groups in total. The third-order valence-electron chi connectivity index (χ3n) is 5.84. The molecule has 2 saturated heterocycles. The van der Waals surface area contributed by atoms with Crippen LogP contribution in [0.1, 0.15) is 19.8 Å². The van der Waals surface area contributed by atoms with Gasteiger partial charge in [0.1, 0.15) is 6.04 Å². The Hall–Kier alpha value is -3.88. The Morgan fingerprint density at radius 2 is 1.67 bits per heavy atom. The summed E-state index contributed by atoms with van der Waals surface area (Å²) in [6.07, 6.45) is 0.423. The van der Waals surface area contributed by atoms with Crippen molar-refractivity contribution >= 4 is 40.8 Å². The number of hydrogen-bond donors (Lipinski definition) is 2. The van der Waals surface area contributed by atoms with Crippen molar-refractivity contribution in [2.24, 2.45) is 0 Å². The van der Waals surface area contributed by atoms with E-state index < -0.39 is 18.0 Å². The molecule has 2 heterocycles. The van der Waals surface area contributed by atoms with Gasteiger partial charge >= 0.3 is 6.03 Å². The Bertz CT molecular complexity index is 1050. The second-order valence-corrected chi connectivity index (χ2v) is 8.15. The van der Waals surface area contributed by atoms with Crippen LogP contribution in [-0.4, -0.2) is 60.9 Å². The lowest BCUT2D eigenvalue weighted by Crippen LogP contribution is -2.49. The zero-order valence-corrected chi connectivity index (χ0v) is 18.5. The smallest absolute Gasteiger partial charge is 0.329 e. The van der Waals surface area contributed by atoms with E-state index in [4.69, 9.17) is 0 Å². The van der Waals surface area contributed by atoms with E-state index in [2.05, 4.69) is 27.7 Å². The summed E-state index contributed by atoms with van der Waals surface area (Å²) in [5.41, 5.74) is 2.01. The summed E-state index contributed by atoms with van der Waals surface area (Å²) < 4.78 is 0. The maximum absolute atomic E-state index is 12.9. The van der Waals surface area contributed by atoms with Gasteiger partial charge in [-0.2, -0.15) is 0 Å². The normalized spacial score (nSPS) is 18.3. The van der Waals surface area contributed by atoms with Gasteiger partial charge in [0.25, 0.3) is 5.91 Å². The number of rotatable bonds is 6. The van der Waals surface area contributed by atoms with E-state index >= 15 is 0 Å². The highest BCUT2D eigenvalue weighted by molar-refractivity contribution is 6.21. The van der Waals surface area contributed by atoms with E-state index in [-0.39, 0.29) is 24.7 Å². The van der Waals surface area contributed by atoms with Crippen LogP contribution in [-0.2, 0) is 14.4 Å². The quantitative estimate of drug-likeness (QED) is 0.659. The van der Waals surface area contributed by atoms with Crippen LogP contribution >= 0.6 is 0 Å². The van der Waals surface area contributed by atoms with Crippen LogP contribution in [0.3, 0.4) is 0 Å². The standard InChI is InChI=1S/C24H27N5O4/c1-17(30)25-18-6-5-9-20(16-18)29-23(32)21(26-24(29)33)10-11-22(31)28-14-12-27(13-15-28)19-7-3-2-4-8-19/h2-9,16,21H,10-15H2,1H3,(H,25,30)(H,26,33). The monoisotopic (exact) mass is 449 g/mol. The lowest BCUT2D eigenvalue weighted by atomic mass is 10.1. The fourth-order valence-corrected chi connectivity index (χ4v) is 4.18. The molecule has 172 valence electrons. The Morgan fingerprint density at radius 1 is 0.970 bits per heavy atom. The molecule has 9 nitrogen and oxygen atoms in total. The molecule has 2 aliphatic rings. The van der Waals surface area contributed by atoms with Crippen LogP contribution in [0.25, 0.3) is 0 Å². The van der Waals surface area contributed by atoms with Gasteiger partial charge in [0.2, 0.25) is 11.8 Å². The first-order valence-corrected chi connectivity index (χ1v) is 11.0. The number of carbonyl (C=O) groups excluding carboxylic acids is 4. The van der Waals surface area contributed by atoms with Gasteiger partial charge in [0.15, 0.2) is 0 Å². The molecule has 9 heteroatoms. The van der Waals surface area contributed by atoms with Gasteiger partial charge in [-0.05, 0) is 36.8 Å². The lowest BCUT2D eigenvalue weighted by molar-refractivity contribution is -0.131. The number of hydrogen-bond acceptors (Lipinski definition) is 5. The molecule has 2 fully saturated rings. The van der Waals surface area contributed by atoms with Crippen LogP contribution in [0, 0.1) is 0 Å². The number of nitrogens with zero attached hydrogens (tertiary/aromatic N) is 3. The Balaban J connectivity index is 1.30. The summed E-state index contributed by atoms with van der Waals surface area (Å²) >= 11 is 0. The summed E-state index contributed by atoms with van der Waals surface area (Å²) in [5, 5.41) is 5.31. The van der Waals surface area contributed by atoms with Crippen LogP contribution in [0.4, 0.5) is 21.9 Å². The molecule has 0 aliphatic carbocycles. The number of piperazine rings is 1. The molecular weight excluding hydrogens is 422 g/mol. The van der Waals surface area contributed by atoms with Gasteiger partial charge in [-0.25, -0.2) is 9.69 Å². The van der Waals surface area contributed by atoms with Crippen molar-refractivity contribution in [3.05, 3.63) is 54.6 Å². The van der Waals surface area contributed by atoms with Gasteiger partial charge in [-0.15, -0.1) is 0 Å². The molecule has 2 aromatic carbocycles. The molecular formula is C24H27N5O4. The Labute approximate surface area is 192 Å². The summed E-state index contributed by atoms with van der Waals surface area (Å²) in [7, 11) is 0. The number of anilines is 3. The molecule has 0 bridgehead atoms. The van der Waals surface area contributed by atoms with Gasteiger partial charge in [-0.1, -0.05) is 24.3 Å². The number of nitrogens with one attached hydrogen (secondary N) is 2. The SMILES string of the molecule is CC(=O)Nc1cccc(N2C(=O)NC(CCC(=O)N3CCN(c4ccccc4)CC3)C2=O)c1. The number of benzene rings is 2. The van der Waals surface area contributed by atoms with Crippen molar-refractivity contribution in [3.63, 3.8) is 0 Å². The minimum absolute atomic E-state index is 0.0177. The zero-order valence-electron chi connectivity index (χ0n) is 18.5.